The molecule has 0 unspecified atom stereocenters. The van der Waals surface area contributed by atoms with E-state index in [1.165, 1.54) is 48.5 Å². The number of carbonyl (C=O) groups is 3. The molecule has 1 aliphatic rings. The summed E-state index contributed by atoms with van der Waals surface area (Å²) in [5, 5.41) is 10.1. The Morgan fingerprint density at radius 2 is 1.29 bits per heavy atom. The van der Waals surface area contributed by atoms with Crippen molar-refractivity contribution in [3.63, 3.8) is 0 Å². The van der Waals surface area contributed by atoms with Crippen molar-refractivity contribution in [3.8, 4) is 0 Å². The number of nitrogens with zero attached hydrogens (tertiary/aromatic N) is 3. The number of nitrogens with one attached hydrogen (secondary N) is 4. The van der Waals surface area contributed by atoms with Crippen LogP contribution in [0.3, 0.4) is 0 Å². The molecule has 1 aliphatic carbocycles. The SMILES string of the molecule is Nc1c(S(=O)(=O)O)cc(Nc2ccc(S(=O)(=O)O)c(Nc3nc(Cl)nc(Nc4cccc(C(=O)NCCS(=O)(=O)CCOS(=O)(=O)O)c4)n3)c2)c2c1C(=O)c1ccccc1C2=O. The van der Waals surface area contributed by atoms with Gasteiger partial charge in [0.1, 0.15) is 9.79 Å². The van der Waals surface area contributed by atoms with Crippen LogP contribution in [0.25, 0.3) is 0 Å². The number of nitrogens with two attached hydrogens (primary N) is 1. The maximum absolute atomic E-state index is 13.8. The van der Waals surface area contributed by atoms with Crippen LogP contribution in [-0.2, 0) is 44.7 Å². The zero-order valence-corrected chi connectivity index (χ0v) is 34.9. The van der Waals surface area contributed by atoms with E-state index in [1.54, 1.807) is 0 Å². The van der Waals surface area contributed by atoms with E-state index in [4.69, 9.17) is 21.9 Å². The zero-order valence-electron chi connectivity index (χ0n) is 30.9. The Bertz CT molecular complexity index is 3150. The van der Waals surface area contributed by atoms with Gasteiger partial charge < -0.3 is 27.0 Å². The van der Waals surface area contributed by atoms with Crippen molar-refractivity contribution >= 4 is 110 Å². The molecule has 1 heterocycles. The number of amides is 1. The Balaban J connectivity index is 1.25. The predicted molar refractivity (Wildman–Crippen MR) is 220 cm³/mol. The average Bonchev–Trinajstić information content (AvgIpc) is 3.15. The monoisotopic (exact) mass is 952 g/mol. The number of sulfone groups is 1. The van der Waals surface area contributed by atoms with Crippen molar-refractivity contribution < 1.29 is 65.9 Å². The van der Waals surface area contributed by atoms with Gasteiger partial charge in [0.2, 0.25) is 17.2 Å². The lowest BCUT2D eigenvalue weighted by Crippen LogP contribution is -2.30. The Kier molecular flexibility index (Phi) is 12.7. The molecule has 0 aliphatic heterocycles. The number of nitrogen functional groups attached to an aromatic ring is 1. The lowest BCUT2D eigenvalue weighted by molar-refractivity contribution is 0.0955. The Labute approximate surface area is 356 Å². The highest BCUT2D eigenvalue weighted by molar-refractivity contribution is 7.91. The first-order valence-corrected chi connectivity index (χ1v) is 23.5. The lowest BCUT2D eigenvalue weighted by Gasteiger charge is -2.24. The molecule has 5 aromatic rings. The third-order valence-corrected chi connectivity index (χ3v) is 12.6. The van der Waals surface area contributed by atoms with Crippen LogP contribution in [0.15, 0.2) is 82.6 Å². The van der Waals surface area contributed by atoms with Crippen LogP contribution in [0.2, 0.25) is 5.28 Å². The fraction of sp³-hybridized carbons (Fsp3) is 0.118. The van der Waals surface area contributed by atoms with Gasteiger partial charge in [-0.2, -0.15) is 40.2 Å². The smallest absolute Gasteiger partial charge is 0.397 e. The van der Waals surface area contributed by atoms with E-state index in [0.717, 1.165) is 24.3 Å². The van der Waals surface area contributed by atoms with Gasteiger partial charge in [0.05, 0.1) is 46.3 Å². The first-order valence-electron chi connectivity index (χ1n) is 17.1. The fourth-order valence-corrected chi connectivity index (χ4v) is 8.72. The summed E-state index contributed by atoms with van der Waals surface area (Å²) < 4.78 is 128. The van der Waals surface area contributed by atoms with Gasteiger partial charge in [0.25, 0.3) is 26.1 Å². The van der Waals surface area contributed by atoms with Gasteiger partial charge in [-0.25, -0.2) is 12.6 Å². The number of ketones is 2. The molecule has 62 heavy (non-hydrogen) atoms. The van der Waals surface area contributed by atoms with Gasteiger partial charge in [0, 0.05) is 34.6 Å². The molecule has 0 saturated heterocycles. The van der Waals surface area contributed by atoms with E-state index < -0.39 is 114 Å². The van der Waals surface area contributed by atoms with E-state index in [9.17, 15) is 57.2 Å². The molecule has 23 nitrogen and oxygen atoms in total. The second-order valence-electron chi connectivity index (χ2n) is 12.8. The largest absolute Gasteiger partial charge is 0.397 e. The Morgan fingerprint density at radius 3 is 1.92 bits per heavy atom. The number of hydrogen-bond donors (Lipinski definition) is 8. The molecule has 0 radical (unpaired) electrons. The van der Waals surface area contributed by atoms with E-state index in [1.807, 2.05) is 0 Å². The number of fused-ring (bicyclic) bond motifs is 2. The highest BCUT2D eigenvalue weighted by atomic mass is 35.5. The van der Waals surface area contributed by atoms with Crippen LogP contribution in [-0.4, -0.2) is 104 Å². The minimum Gasteiger partial charge on any atom is -0.397 e. The van der Waals surface area contributed by atoms with Crippen LogP contribution in [0.4, 0.5) is 40.3 Å². The Hall–Kier alpha value is -6.17. The zero-order chi connectivity index (χ0) is 45.4. The van der Waals surface area contributed by atoms with Gasteiger partial charge in [-0.15, -0.1) is 0 Å². The number of benzene rings is 4. The van der Waals surface area contributed by atoms with Gasteiger partial charge in [0.15, 0.2) is 21.4 Å². The highest BCUT2D eigenvalue weighted by Gasteiger charge is 2.36. The van der Waals surface area contributed by atoms with Crippen LogP contribution in [0, 0.1) is 0 Å². The summed E-state index contributed by atoms with van der Waals surface area (Å²) in [4.78, 5) is 50.5. The number of hydrogen-bond acceptors (Lipinski definition) is 19. The summed E-state index contributed by atoms with van der Waals surface area (Å²) >= 11 is 6.15. The van der Waals surface area contributed by atoms with E-state index in [2.05, 4.69) is 40.4 Å². The molecule has 0 bridgehead atoms. The summed E-state index contributed by atoms with van der Waals surface area (Å²) in [6, 6.07) is 15.2. The van der Waals surface area contributed by atoms with Gasteiger partial charge in [-0.1, -0.05) is 30.3 Å². The molecule has 9 N–H and O–H groups in total. The molecule has 4 aromatic carbocycles. The normalized spacial score (nSPS) is 12.9. The lowest BCUT2D eigenvalue weighted by atomic mass is 9.82. The van der Waals surface area contributed by atoms with Crippen molar-refractivity contribution in [2.75, 3.05) is 46.3 Å². The molecule has 0 atom stereocenters. The van der Waals surface area contributed by atoms with E-state index in [0.29, 0.717) is 0 Å². The fourth-order valence-electron chi connectivity index (χ4n) is 5.93. The second kappa shape index (κ2) is 17.3. The molecule has 326 valence electrons. The molecule has 6 rings (SSSR count). The first-order chi connectivity index (χ1) is 28.9. The van der Waals surface area contributed by atoms with Crippen LogP contribution >= 0.6 is 11.6 Å². The first kappa shape index (κ1) is 45.4. The van der Waals surface area contributed by atoms with Gasteiger partial charge >= 0.3 is 10.4 Å². The van der Waals surface area contributed by atoms with Crippen molar-refractivity contribution in [2.45, 2.75) is 9.79 Å². The summed E-state index contributed by atoms with van der Waals surface area (Å²) in [7, 11) is -18.8. The standard InChI is InChI=1S/C34H29ClN8O15S4/c35-32-41-33(39-18-5-3-4-17(14-18)31(46)37-10-12-59(47,48)13-11-58-62(55,56)57)43-34(42-32)40-22-15-19(8-9-24(22)60(49,50)51)38-23-16-25(61(52,53)54)28(36)27-26(23)29(44)20-6-1-2-7-21(20)30(27)45/h1-9,14-16,38H,10-13,36H2,(H,37,46)(H,49,50,51)(H,52,53,54)(H,55,56,57)(H2,39,40,41,42,43). The minimum atomic E-state index is -5.09. The van der Waals surface area contributed by atoms with E-state index in [-0.39, 0.29) is 51.8 Å². The number of aromatic nitrogens is 3. The molecular weight excluding hydrogens is 924 g/mol. The topological polar surface area (TPSA) is 370 Å². The summed E-state index contributed by atoms with van der Waals surface area (Å²) in [6.45, 7) is -1.20. The maximum atomic E-state index is 13.8. The van der Waals surface area contributed by atoms with Crippen LogP contribution in [0.1, 0.15) is 42.2 Å². The Morgan fingerprint density at radius 1 is 0.677 bits per heavy atom. The summed E-state index contributed by atoms with van der Waals surface area (Å²) in [5.41, 5.74) is 3.78. The molecule has 28 heteroatoms. The molecule has 0 saturated carbocycles. The molecule has 1 amide bonds. The number of halogens is 1. The molecule has 0 fully saturated rings. The number of carbonyl (C=O) groups excluding carboxylic acids is 3. The molecule has 1 aromatic heterocycles. The number of rotatable bonds is 16. The van der Waals surface area contributed by atoms with Crippen molar-refractivity contribution in [1.29, 1.82) is 0 Å². The summed E-state index contributed by atoms with van der Waals surface area (Å²) in [5.74, 6) is -4.28. The molecular formula is C34H29ClN8O15S4. The minimum absolute atomic E-state index is 0.0304. The third kappa shape index (κ3) is 10.6. The van der Waals surface area contributed by atoms with Crippen molar-refractivity contribution in [3.05, 3.63) is 106 Å². The summed E-state index contributed by atoms with van der Waals surface area (Å²) in [6.07, 6.45) is 0. The van der Waals surface area contributed by atoms with Crippen LogP contribution in [0.5, 0.6) is 0 Å². The number of anilines is 7. The van der Waals surface area contributed by atoms with Gasteiger partial charge in [-0.3, -0.25) is 28.0 Å². The third-order valence-electron chi connectivity index (χ3n) is 8.58. The second-order valence-corrected chi connectivity index (χ2v) is 19.3. The molecule has 0 spiro atoms. The van der Waals surface area contributed by atoms with Crippen molar-refractivity contribution in [1.82, 2.24) is 20.3 Å². The predicted octanol–water partition coefficient (Wildman–Crippen LogP) is 2.57. The van der Waals surface area contributed by atoms with Crippen molar-refractivity contribution in [2.24, 2.45) is 0 Å². The van der Waals surface area contributed by atoms with Gasteiger partial charge in [-0.05, 0) is 54.1 Å². The quantitative estimate of drug-likeness (QED) is 0.0510. The maximum Gasteiger partial charge on any atom is 0.397 e. The van der Waals surface area contributed by atoms with Crippen LogP contribution < -0.4 is 27.0 Å². The average molecular weight is 953 g/mol. The van der Waals surface area contributed by atoms with E-state index >= 15 is 0 Å². The highest BCUT2D eigenvalue weighted by Crippen LogP contribution is 2.41.